The molecule has 0 bridgehead atoms. The van der Waals surface area contributed by atoms with Crippen molar-refractivity contribution in [1.29, 1.82) is 0 Å². The van der Waals surface area contributed by atoms with E-state index in [1.807, 2.05) is 0 Å². The average Bonchev–Trinajstić information content (AvgIpc) is 2.54. The molecule has 0 aromatic heterocycles. The molecule has 2 aliphatic heterocycles. The normalized spacial score (nSPS) is 38.8. The fraction of sp³-hybridized carbons (Fsp3) is 1.00. The quantitative estimate of drug-likeness (QED) is 0.660. The maximum absolute atomic E-state index is 5.88. The lowest BCUT2D eigenvalue weighted by atomic mass is 10.1. The highest BCUT2D eigenvalue weighted by Gasteiger charge is 2.27. The predicted octanol–water partition coefficient (Wildman–Crippen LogP) is 0.915. The van der Waals surface area contributed by atoms with E-state index < -0.39 is 0 Å². The Morgan fingerprint density at radius 3 is 2.83 bits per heavy atom. The van der Waals surface area contributed by atoms with Crippen molar-refractivity contribution in [2.45, 2.75) is 31.3 Å². The van der Waals surface area contributed by atoms with Gasteiger partial charge in [-0.3, -0.25) is 4.90 Å². The van der Waals surface area contributed by atoms with Crippen LogP contribution in [0.4, 0.5) is 0 Å². The maximum atomic E-state index is 5.88. The molecule has 0 spiro atoms. The van der Waals surface area contributed by atoms with E-state index in [0.717, 1.165) is 12.6 Å². The summed E-state index contributed by atoms with van der Waals surface area (Å²) in [5.74, 6) is 2.71. The molecule has 2 rings (SSSR count). The Labute approximate surface area is 78.9 Å². The van der Waals surface area contributed by atoms with E-state index in [0.29, 0.717) is 6.04 Å². The van der Waals surface area contributed by atoms with Crippen molar-refractivity contribution in [3.63, 3.8) is 0 Å². The summed E-state index contributed by atoms with van der Waals surface area (Å²) in [6.07, 6.45) is 4.02. The molecule has 2 saturated heterocycles. The number of nitrogens with two attached hydrogens (primary N) is 1. The zero-order valence-corrected chi connectivity index (χ0v) is 8.35. The minimum atomic E-state index is 0.455. The third-order valence-corrected chi connectivity index (χ3v) is 4.11. The summed E-state index contributed by atoms with van der Waals surface area (Å²) in [6.45, 7) is 2.39. The second-order valence-corrected chi connectivity index (χ2v) is 5.06. The molecule has 0 aromatic carbocycles. The third kappa shape index (κ3) is 1.95. The molecule has 2 fully saturated rings. The summed E-state index contributed by atoms with van der Waals surface area (Å²) in [6, 6.07) is 1.30. The molecule has 2 nitrogen and oxygen atoms in total. The Bertz CT molecular complexity index is 143. The lowest BCUT2D eigenvalue weighted by Gasteiger charge is -2.30. The molecule has 0 amide bonds. The summed E-state index contributed by atoms with van der Waals surface area (Å²) in [5.41, 5.74) is 5.88. The van der Waals surface area contributed by atoms with Crippen LogP contribution in [0.15, 0.2) is 0 Å². The first kappa shape index (κ1) is 8.85. The van der Waals surface area contributed by atoms with Gasteiger partial charge in [0.05, 0.1) is 0 Å². The summed E-state index contributed by atoms with van der Waals surface area (Å²) in [4.78, 5) is 2.59. The average molecular weight is 186 g/mol. The summed E-state index contributed by atoms with van der Waals surface area (Å²) < 4.78 is 0. The molecule has 0 radical (unpaired) electrons. The van der Waals surface area contributed by atoms with Crippen LogP contribution < -0.4 is 5.73 Å². The standard InChI is InChI=1S/C9H18N2S/c10-8-3-4-11(6-8)9-2-1-5-12-7-9/h8-9H,1-7,10H2/t8-,9?/m0/s1. The van der Waals surface area contributed by atoms with Crippen LogP contribution in [0.2, 0.25) is 0 Å². The highest BCUT2D eigenvalue weighted by atomic mass is 32.2. The van der Waals surface area contributed by atoms with Crippen molar-refractivity contribution in [2.75, 3.05) is 24.6 Å². The van der Waals surface area contributed by atoms with Crippen LogP contribution in [-0.4, -0.2) is 41.6 Å². The molecule has 2 aliphatic rings. The van der Waals surface area contributed by atoms with E-state index in [1.54, 1.807) is 0 Å². The Hall–Kier alpha value is 0.270. The largest absolute Gasteiger partial charge is 0.326 e. The lowest BCUT2D eigenvalue weighted by Crippen LogP contribution is -2.38. The molecule has 0 aliphatic carbocycles. The number of thioether (sulfide) groups is 1. The van der Waals surface area contributed by atoms with Gasteiger partial charge in [0.1, 0.15) is 0 Å². The number of hydrogen-bond acceptors (Lipinski definition) is 3. The van der Waals surface area contributed by atoms with Crippen molar-refractivity contribution in [3.8, 4) is 0 Å². The number of hydrogen-bond donors (Lipinski definition) is 1. The van der Waals surface area contributed by atoms with Crippen molar-refractivity contribution in [1.82, 2.24) is 4.90 Å². The van der Waals surface area contributed by atoms with Gasteiger partial charge >= 0.3 is 0 Å². The molecular weight excluding hydrogens is 168 g/mol. The van der Waals surface area contributed by atoms with Crippen LogP contribution in [-0.2, 0) is 0 Å². The van der Waals surface area contributed by atoms with Crippen LogP contribution in [0.5, 0.6) is 0 Å². The van der Waals surface area contributed by atoms with Crippen LogP contribution in [0.25, 0.3) is 0 Å². The molecular formula is C9H18N2S. The van der Waals surface area contributed by atoms with Crippen LogP contribution in [0.1, 0.15) is 19.3 Å². The summed E-state index contributed by atoms with van der Waals surface area (Å²) >= 11 is 2.11. The fourth-order valence-corrected chi connectivity index (χ4v) is 3.35. The maximum Gasteiger partial charge on any atom is 0.0187 e. The van der Waals surface area contributed by atoms with Gasteiger partial charge in [-0.2, -0.15) is 11.8 Å². The van der Waals surface area contributed by atoms with Crippen LogP contribution in [0, 0.1) is 0 Å². The minimum Gasteiger partial charge on any atom is -0.326 e. The van der Waals surface area contributed by atoms with Gasteiger partial charge in [0.15, 0.2) is 0 Å². The van der Waals surface area contributed by atoms with Gasteiger partial charge in [-0.1, -0.05) is 0 Å². The second-order valence-electron chi connectivity index (χ2n) is 3.91. The van der Waals surface area contributed by atoms with Crippen molar-refractivity contribution in [2.24, 2.45) is 5.73 Å². The fourth-order valence-electron chi connectivity index (χ4n) is 2.16. The molecule has 2 heterocycles. The van der Waals surface area contributed by atoms with E-state index in [4.69, 9.17) is 5.73 Å². The predicted molar refractivity (Wildman–Crippen MR) is 54.5 cm³/mol. The van der Waals surface area contributed by atoms with Gasteiger partial charge < -0.3 is 5.73 Å². The zero-order chi connectivity index (χ0) is 8.39. The number of rotatable bonds is 1. The summed E-state index contributed by atoms with van der Waals surface area (Å²) in [5, 5.41) is 0. The Morgan fingerprint density at radius 1 is 1.33 bits per heavy atom. The van der Waals surface area contributed by atoms with Crippen LogP contribution >= 0.6 is 11.8 Å². The molecule has 3 heteroatoms. The van der Waals surface area contributed by atoms with Crippen LogP contribution in [0.3, 0.4) is 0 Å². The van der Waals surface area contributed by atoms with E-state index >= 15 is 0 Å². The smallest absolute Gasteiger partial charge is 0.0187 e. The minimum absolute atomic E-state index is 0.455. The first-order chi connectivity index (χ1) is 5.86. The summed E-state index contributed by atoms with van der Waals surface area (Å²) in [7, 11) is 0. The van der Waals surface area contributed by atoms with Gasteiger partial charge in [0.25, 0.3) is 0 Å². The molecule has 12 heavy (non-hydrogen) atoms. The van der Waals surface area contributed by atoms with E-state index in [9.17, 15) is 0 Å². The Balaban J connectivity index is 1.83. The van der Waals surface area contributed by atoms with E-state index in [-0.39, 0.29) is 0 Å². The topological polar surface area (TPSA) is 29.3 Å². The van der Waals surface area contributed by atoms with Gasteiger partial charge in [0, 0.05) is 30.9 Å². The van der Waals surface area contributed by atoms with Crippen molar-refractivity contribution < 1.29 is 0 Å². The molecule has 1 unspecified atom stereocenters. The Morgan fingerprint density at radius 2 is 2.25 bits per heavy atom. The molecule has 2 N–H and O–H groups in total. The molecule has 70 valence electrons. The van der Waals surface area contributed by atoms with E-state index in [2.05, 4.69) is 16.7 Å². The van der Waals surface area contributed by atoms with Gasteiger partial charge in [-0.25, -0.2) is 0 Å². The van der Waals surface area contributed by atoms with Gasteiger partial charge in [0.2, 0.25) is 0 Å². The SMILES string of the molecule is N[C@H]1CCN(C2CCCSC2)C1. The molecule has 0 saturated carbocycles. The number of nitrogens with zero attached hydrogens (tertiary/aromatic N) is 1. The third-order valence-electron chi connectivity index (χ3n) is 2.91. The zero-order valence-electron chi connectivity index (χ0n) is 7.54. The second kappa shape index (κ2) is 3.99. The molecule has 0 aromatic rings. The first-order valence-electron chi connectivity index (χ1n) is 4.93. The lowest BCUT2D eigenvalue weighted by molar-refractivity contribution is 0.244. The highest BCUT2D eigenvalue weighted by molar-refractivity contribution is 7.99. The number of likely N-dealkylation sites (tertiary alicyclic amines) is 1. The van der Waals surface area contributed by atoms with E-state index in [1.165, 1.54) is 37.3 Å². The highest BCUT2D eigenvalue weighted by Crippen LogP contribution is 2.24. The monoisotopic (exact) mass is 186 g/mol. The van der Waals surface area contributed by atoms with Gasteiger partial charge in [-0.15, -0.1) is 0 Å². The first-order valence-corrected chi connectivity index (χ1v) is 6.09. The Kier molecular flexibility index (Phi) is 2.94. The van der Waals surface area contributed by atoms with Gasteiger partial charge in [-0.05, 0) is 25.0 Å². The van der Waals surface area contributed by atoms with Crippen molar-refractivity contribution >= 4 is 11.8 Å². The molecule has 2 atom stereocenters. The van der Waals surface area contributed by atoms with Crippen molar-refractivity contribution in [3.05, 3.63) is 0 Å².